The molecule has 136 valence electrons. The highest BCUT2D eigenvalue weighted by atomic mass is 35.5. The molecule has 0 atom stereocenters. The molecule has 1 saturated heterocycles. The quantitative estimate of drug-likeness (QED) is 0.576. The predicted octanol–water partition coefficient (Wildman–Crippen LogP) is 3.11. The van der Waals surface area contributed by atoms with Crippen LogP contribution >= 0.6 is 11.6 Å². The minimum absolute atomic E-state index is 0.338. The Hall–Kier alpha value is -2.37. The highest BCUT2D eigenvalue weighted by Crippen LogP contribution is 2.19. The van der Waals surface area contributed by atoms with Crippen molar-refractivity contribution in [2.75, 3.05) is 44.2 Å². The molecule has 1 aliphatic heterocycles. The van der Waals surface area contributed by atoms with E-state index >= 15 is 0 Å². The standard InChI is InChI=1S/C20H22ClN3O2/c21-17-4-7-19(8-5-17)24-13-11-23(12-14-24)15-16-26-20(25)9-6-18-3-1-2-10-22-18/h1-10H,11-16H2/b9-6+. The van der Waals surface area contributed by atoms with Gasteiger partial charge in [0.1, 0.15) is 6.61 Å². The Morgan fingerprint density at radius 3 is 2.58 bits per heavy atom. The van der Waals surface area contributed by atoms with Gasteiger partial charge >= 0.3 is 5.97 Å². The maximum absolute atomic E-state index is 11.7. The van der Waals surface area contributed by atoms with E-state index in [1.165, 1.54) is 11.8 Å². The van der Waals surface area contributed by atoms with Gasteiger partial charge < -0.3 is 9.64 Å². The fourth-order valence-electron chi connectivity index (χ4n) is 2.83. The van der Waals surface area contributed by atoms with E-state index in [0.717, 1.165) is 43.4 Å². The number of hydrogen-bond donors (Lipinski definition) is 0. The first-order valence-corrected chi connectivity index (χ1v) is 9.07. The first-order chi connectivity index (χ1) is 12.7. The minimum Gasteiger partial charge on any atom is -0.461 e. The second-order valence-corrected chi connectivity index (χ2v) is 6.50. The molecule has 26 heavy (non-hydrogen) atoms. The van der Waals surface area contributed by atoms with Crippen molar-refractivity contribution in [2.24, 2.45) is 0 Å². The van der Waals surface area contributed by atoms with Gasteiger partial charge in [0.2, 0.25) is 0 Å². The molecule has 1 fully saturated rings. The fraction of sp³-hybridized carbons (Fsp3) is 0.300. The smallest absolute Gasteiger partial charge is 0.330 e. The van der Waals surface area contributed by atoms with E-state index in [2.05, 4.69) is 14.8 Å². The van der Waals surface area contributed by atoms with E-state index in [4.69, 9.17) is 16.3 Å². The summed E-state index contributed by atoms with van der Waals surface area (Å²) in [4.78, 5) is 20.5. The van der Waals surface area contributed by atoms with Gasteiger partial charge in [0.25, 0.3) is 0 Å². The average Bonchev–Trinajstić information content (AvgIpc) is 2.68. The monoisotopic (exact) mass is 371 g/mol. The summed E-state index contributed by atoms with van der Waals surface area (Å²) in [6.45, 7) is 4.95. The summed E-state index contributed by atoms with van der Waals surface area (Å²) >= 11 is 5.94. The summed E-state index contributed by atoms with van der Waals surface area (Å²) in [6.07, 6.45) is 4.77. The molecule has 2 aromatic rings. The molecule has 3 rings (SSSR count). The van der Waals surface area contributed by atoms with Crippen LogP contribution in [0.5, 0.6) is 0 Å². The van der Waals surface area contributed by atoms with Gasteiger partial charge in [0.05, 0.1) is 5.69 Å². The van der Waals surface area contributed by atoms with Crippen molar-refractivity contribution in [3.63, 3.8) is 0 Å². The first kappa shape index (κ1) is 18.4. The molecule has 1 aliphatic rings. The van der Waals surface area contributed by atoms with E-state index in [9.17, 15) is 4.79 Å². The van der Waals surface area contributed by atoms with Crippen LogP contribution in [-0.4, -0.2) is 55.2 Å². The van der Waals surface area contributed by atoms with Crippen molar-refractivity contribution in [3.8, 4) is 0 Å². The number of carbonyl (C=O) groups is 1. The molecule has 6 heteroatoms. The summed E-state index contributed by atoms with van der Waals surface area (Å²) in [5.41, 5.74) is 1.93. The highest BCUT2D eigenvalue weighted by molar-refractivity contribution is 6.30. The van der Waals surface area contributed by atoms with Crippen molar-refractivity contribution in [2.45, 2.75) is 0 Å². The van der Waals surface area contributed by atoms with Crippen molar-refractivity contribution in [1.29, 1.82) is 0 Å². The van der Waals surface area contributed by atoms with E-state index < -0.39 is 0 Å². The van der Waals surface area contributed by atoms with E-state index in [0.29, 0.717) is 6.61 Å². The lowest BCUT2D eigenvalue weighted by molar-refractivity contribution is -0.138. The molecule has 0 bridgehead atoms. The fourth-order valence-corrected chi connectivity index (χ4v) is 2.96. The number of ether oxygens (including phenoxy) is 1. The third-order valence-corrected chi connectivity index (χ3v) is 4.55. The van der Waals surface area contributed by atoms with Crippen LogP contribution in [0.3, 0.4) is 0 Å². The van der Waals surface area contributed by atoms with Gasteiger partial charge in [-0.1, -0.05) is 17.7 Å². The number of hydrogen-bond acceptors (Lipinski definition) is 5. The van der Waals surface area contributed by atoms with Crippen molar-refractivity contribution in [1.82, 2.24) is 9.88 Å². The van der Waals surface area contributed by atoms with E-state index in [-0.39, 0.29) is 5.97 Å². The van der Waals surface area contributed by atoms with Crippen LogP contribution in [0.25, 0.3) is 6.08 Å². The Bertz CT molecular complexity index is 726. The topological polar surface area (TPSA) is 45.7 Å². The molecule has 2 heterocycles. The Morgan fingerprint density at radius 2 is 1.88 bits per heavy atom. The lowest BCUT2D eigenvalue weighted by atomic mass is 10.2. The van der Waals surface area contributed by atoms with Crippen molar-refractivity contribution < 1.29 is 9.53 Å². The summed E-state index contributed by atoms with van der Waals surface area (Å²) < 4.78 is 5.27. The van der Waals surface area contributed by atoms with Crippen LogP contribution in [0.4, 0.5) is 5.69 Å². The molecule has 0 aliphatic carbocycles. The second-order valence-electron chi connectivity index (χ2n) is 6.06. The van der Waals surface area contributed by atoms with Gasteiger partial charge in [-0.05, 0) is 42.5 Å². The second kappa shape index (κ2) is 9.36. The zero-order chi connectivity index (χ0) is 18.2. The lowest BCUT2D eigenvalue weighted by Gasteiger charge is -2.35. The van der Waals surface area contributed by atoms with Crippen LogP contribution in [0, 0.1) is 0 Å². The van der Waals surface area contributed by atoms with Crippen LogP contribution in [0.2, 0.25) is 5.02 Å². The number of benzene rings is 1. The number of pyridine rings is 1. The summed E-state index contributed by atoms with van der Waals surface area (Å²) in [7, 11) is 0. The molecular formula is C20H22ClN3O2. The minimum atomic E-state index is -0.338. The molecule has 0 saturated carbocycles. The summed E-state index contributed by atoms with van der Waals surface area (Å²) in [6, 6.07) is 13.5. The maximum atomic E-state index is 11.7. The molecule has 0 radical (unpaired) electrons. The number of nitrogens with zero attached hydrogens (tertiary/aromatic N) is 3. The largest absolute Gasteiger partial charge is 0.461 e. The number of esters is 1. The lowest BCUT2D eigenvalue weighted by Crippen LogP contribution is -2.47. The molecule has 1 aromatic carbocycles. The van der Waals surface area contributed by atoms with Gasteiger partial charge in [-0.2, -0.15) is 0 Å². The van der Waals surface area contributed by atoms with Gasteiger partial charge in [0, 0.05) is 55.7 Å². The first-order valence-electron chi connectivity index (χ1n) is 8.69. The molecule has 0 spiro atoms. The SMILES string of the molecule is O=C(/C=C/c1ccccn1)OCCN1CCN(c2ccc(Cl)cc2)CC1. The normalized spacial score (nSPS) is 15.3. The summed E-state index contributed by atoms with van der Waals surface area (Å²) in [5, 5.41) is 0.756. The third kappa shape index (κ3) is 5.58. The molecule has 0 unspecified atom stereocenters. The van der Waals surface area contributed by atoms with Crippen molar-refractivity contribution in [3.05, 3.63) is 65.5 Å². The van der Waals surface area contributed by atoms with Gasteiger partial charge in [0.15, 0.2) is 0 Å². The molecule has 5 nitrogen and oxygen atoms in total. The molecule has 1 aromatic heterocycles. The number of rotatable bonds is 6. The Balaban J connectivity index is 1.35. The molecular weight excluding hydrogens is 350 g/mol. The van der Waals surface area contributed by atoms with Gasteiger partial charge in [-0.15, -0.1) is 0 Å². The number of carbonyl (C=O) groups excluding carboxylic acids is 1. The number of piperazine rings is 1. The van der Waals surface area contributed by atoms with Gasteiger partial charge in [-0.25, -0.2) is 4.79 Å². The van der Waals surface area contributed by atoms with Crippen LogP contribution in [-0.2, 0) is 9.53 Å². The maximum Gasteiger partial charge on any atom is 0.330 e. The van der Waals surface area contributed by atoms with Gasteiger partial charge in [-0.3, -0.25) is 9.88 Å². The molecule has 0 N–H and O–H groups in total. The highest BCUT2D eigenvalue weighted by Gasteiger charge is 2.17. The van der Waals surface area contributed by atoms with E-state index in [1.54, 1.807) is 12.3 Å². The predicted molar refractivity (Wildman–Crippen MR) is 104 cm³/mol. The third-order valence-electron chi connectivity index (χ3n) is 4.29. The van der Waals surface area contributed by atoms with Crippen molar-refractivity contribution >= 4 is 29.3 Å². The van der Waals surface area contributed by atoms with Crippen LogP contribution in [0.1, 0.15) is 5.69 Å². The Morgan fingerprint density at radius 1 is 1.12 bits per heavy atom. The Labute approximate surface area is 158 Å². The Kier molecular flexibility index (Phi) is 6.63. The van der Waals surface area contributed by atoms with Crippen LogP contribution < -0.4 is 4.90 Å². The van der Waals surface area contributed by atoms with Crippen LogP contribution in [0.15, 0.2) is 54.7 Å². The average molecular weight is 372 g/mol. The zero-order valence-corrected chi connectivity index (χ0v) is 15.3. The molecule has 0 amide bonds. The zero-order valence-electron chi connectivity index (χ0n) is 14.6. The summed E-state index contributed by atoms with van der Waals surface area (Å²) in [5.74, 6) is -0.338. The van der Waals surface area contributed by atoms with E-state index in [1.807, 2.05) is 42.5 Å². The number of halogens is 1. The number of aromatic nitrogens is 1. The number of anilines is 1.